The number of aromatic nitrogens is 3. The molecular weight excluding hydrogens is 250 g/mol. The van der Waals surface area contributed by atoms with E-state index in [1.165, 1.54) is 4.90 Å². The van der Waals surface area contributed by atoms with Gasteiger partial charge in [-0.3, -0.25) is 0 Å². The standard InChI is InChI=1S/C11H10BClN4O/c1-6-5-8-11(12,18)16(2)9-7(17(8)15-6)3-4-14-10(9)13/h3-5,18H,1-2H3. The molecule has 1 aliphatic heterocycles. The van der Waals surface area contributed by atoms with Gasteiger partial charge in [-0.05, 0) is 19.1 Å². The minimum Gasteiger partial charge on any atom is -0.374 e. The maximum atomic E-state index is 10.4. The molecule has 0 saturated heterocycles. The lowest BCUT2D eigenvalue weighted by molar-refractivity contribution is 0.117. The molecule has 2 radical (unpaired) electrons. The summed E-state index contributed by atoms with van der Waals surface area (Å²) in [7, 11) is 7.63. The third kappa shape index (κ3) is 1.33. The van der Waals surface area contributed by atoms with Gasteiger partial charge in [0.05, 0.1) is 17.1 Å². The highest BCUT2D eigenvalue weighted by Gasteiger charge is 2.39. The van der Waals surface area contributed by atoms with Crippen LogP contribution < -0.4 is 4.90 Å². The third-order valence-corrected chi connectivity index (χ3v) is 3.42. The molecule has 5 nitrogen and oxygen atoms in total. The van der Waals surface area contributed by atoms with Crippen molar-refractivity contribution in [1.29, 1.82) is 0 Å². The van der Waals surface area contributed by atoms with Gasteiger partial charge >= 0.3 is 0 Å². The number of pyridine rings is 1. The first-order valence-electron chi connectivity index (χ1n) is 5.40. The van der Waals surface area contributed by atoms with Gasteiger partial charge < -0.3 is 10.0 Å². The second-order valence-corrected chi connectivity index (χ2v) is 4.70. The molecular formula is C11H10BClN4O. The molecule has 18 heavy (non-hydrogen) atoms. The first-order chi connectivity index (χ1) is 8.43. The van der Waals surface area contributed by atoms with Gasteiger partial charge in [0.1, 0.15) is 11.3 Å². The molecule has 0 aliphatic carbocycles. The fraction of sp³-hybridized carbons (Fsp3) is 0.273. The Labute approximate surface area is 110 Å². The molecule has 0 bridgehead atoms. The molecule has 3 heterocycles. The number of anilines is 1. The number of rotatable bonds is 0. The van der Waals surface area contributed by atoms with Crippen molar-refractivity contribution >= 4 is 25.1 Å². The number of hydrogen-bond donors (Lipinski definition) is 1. The summed E-state index contributed by atoms with van der Waals surface area (Å²) in [6, 6.07) is 3.52. The van der Waals surface area contributed by atoms with Gasteiger partial charge in [-0.25, -0.2) is 9.67 Å². The van der Waals surface area contributed by atoms with E-state index in [0.29, 0.717) is 11.4 Å². The number of aliphatic hydroxyl groups is 1. The Balaban J connectivity index is 2.40. The van der Waals surface area contributed by atoms with E-state index < -0.39 is 5.62 Å². The van der Waals surface area contributed by atoms with E-state index in [2.05, 4.69) is 10.1 Å². The van der Waals surface area contributed by atoms with Gasteiger partial charge in [0, 0.05) is 13.2 Å². The Morgan fingerprint density at radius 3 is 2.94 bits per heavy atom. The molecule has 7 heteroatoms. The molecule has 90 valence electrons. The predicted molar refractivity (Wildman–Crippen MR) is 69.2 cm³/mol. The highest BCUT2D eigenvalue weighted by atomic mass is 35.5. The summed E-state index contributed by atoms with van der Waals surface area (Å²) in [5, 5.41) is 15.0. The Morgan fingerprint density at radius 2 is 2.22 bits per heavy atom. The number of fused-ring (bicyclic) bond motifs is 3. The Bertz CT molecular complexity index is 640. The van der Waals surface area contributed by atoms with Crippen LogP contribution in [-0.2, 0) is 5.62 Å². The van der Waals surface area contributed by atoms with Crippen LogP contribution in [-0.4, -0.2) is 34.8 Å². The normalized spacial score (nSPS) is 21.7. The third-order valence-electron chi connectivity index (χ3n) is 3.14. The van der Waals surface area contributed by atoms with Crippen LogP contribution in [0.2, 0.25) is 5.15 Å². The van der Waals surface area contributed by atoms with Crippen molar-refractivity contribution in [3.8, 4) is 5.69 Å². The number of hydrogen-bond acceptors (Lipinski definition) is 4. The van der Waals surface area contributed by atoms with Gasteiger partial charge in [0.2, 0.25) is 0 Å². The van der Waals surface area contributed by atoms with Gasteiger partial charge in [0.15, 0.2) is 13.0 Å². The van der Waals surface area contributed by atoms with E-state index in [4.69, 9.17) is 19.4 Å². The molecule has 0 amide bonds. The predicted octanol–water partition coefficient (Wildman–Crippen LogP) is 0.950. The summed E-state index contributed by atoms with van der Waals surface area (Å²) in [5.74, 6) is 0. The second-order valence-electron chi connectivity index (χ2n) is 4.34. The van der Waals surface area contributed by atoms with E-state index in [-0.39, 0.29) is 5.15 Å². The van der Waals surface area contributed by atoms with Crippen molar-refractivity contribution in [2.75, 3.05) is 11.9 Å². The monoisotopic (exact) mass is 260 g/mol. The Morgan fingerprint density at radius 1 is 1.50 bits per heavy atom. The zero-order valence-electron chi connectivity index (χ0n) is 9.92. The summed E-state index contributed by atoms with van der Waals surface area (Å²) in [6.45, 7) is 1.84. The topological polar surface area (TPSA) is 54.2 Å². The lowest BCUT2D eigenvalue weighted by atomic mass is 9.84. The van der Waals surface area contributed by atoms with Crippen molar-refractivity contribution in [3.63, 3.8) is 0 Å². The summed E-state index contributed by atoms with van der Waals surface area (Å²) in [6.07, 6.45) is 1.59. The zero-order valence-corrected chi connectivity index (χ0v) is 10.7. The van der Waals surface area contributed by atoms with E-state index in [1.807, 2.05) is 6.92 Å². The van der Waals surface area contributed by atoms with Crippen molar-refractivity contribution < 1.29 is 5.11 Å². The van der Waals surface area contributed by atoms with Gasteiger partial charge in [-0.15, -0.1) is 0 Å². The van der Waals surface area contributed by atoms with Crippen LogP contribution in [0, 0.1) is 6.92 Å². The van der Waals surface area contributed by atoms with E-state index in [9.17, 15) is 5.11 Å². The smallest absolute Gasteiger partial charge is 0.154 e. The van der Waals surface area contributed by atoms with Crippen LogP contribution >= 0.6 is 11.6 Å². The highest BCUT2D eigenvalue weighted by molar-refractivity contribution is 6.33. The van der Waals surface area contributed by atoms with E-state index in [1.54, 1.807) is 30.1 Å². The quantitative estimate of drug-likeness (QED) is 0.566. The molecule has 0 saturated carbocycles. The van der Waals surface area contributed by atoms with Crippen LogP contribution in [0.3, 0.4) is 0 Å². The molecule has 1 aliphatic rings. The first kappa shape index (κ1) is 11.6. The zero-order chi connectivity index (χ0) is 13.1. The van der Waals surface area contributed by atoms with Crippen LogP contribution in [0.4, 0.5) is 5.69 Å². The molecule has 0 spiro atoms. The van der Waals surface area contributed by atoms with E-state index >= 15 is 0 Å². The molecule has 1 atom stereocenters. The average molecular weight is 260 g/mol. The van der Waals surface area contributed by atoms with Crippen LogP contribution in [0.5, 0.6) is 0 Å². The number of nitrogens with zero attached hydrogens (tertiary/aromatic N) is 4. The lowest BCUT2D eigenvalue weighted by Gasteiger charge is -2.41. The van der Waals surface area contributed by atoms with Crippen molar-refractivity contribution in [1.82, 2.24) is 14.8 Å². The Hall–Kier alpha value is -1.53. The molecule has 3 rings (SSSR count). The largest absolute Gasteiger partial charge is 0.374 e. The molecule has 0 aromatic carbocycles. The first-order valence-corrected chi connectivity index (χ1v) is 5.78. The maximum absolute atomic E-state index is 10.4. The fourth-order valence-electron chi connectivity index (χ4n) is 2.19. The fourth-order valence-corrected chi connectivity index (χ4v) is 2.47. The van der Waals surface area contributed by atoms with Crippen molar-refractivity contribution in [2.45, 2.75) is 12.5 Å². The summed E-state index contributed by atoms with van der Waals surface area (Å²) in [5.41, 5.74) is 0.900. The second kappa shape index (κ2) is 3.49. The average Bonchev–Trinajstić information content (AvgIpc) is 2.69. The summed E-state index contributed by atoms with van der Waals surface area (Å²) < 4.78 is 1.60. The molecule has 1 unspecified atom stereocenters. The van der Waals surface area contributed by atoms with Crippen LogP contribution in [0.1, 0.15) is 11.4 Å². The van der Waals surface area contributed by atoms with Crippen LogP contribution in [0.25, 0.3) is 5.69 Å². The SMILES string of the molecule is [B]C1(O)c2cc(C)nn2-c2ccnc(Cl)c2N1C. The molecule has 1 N–H and O–H groups in total. The van der Waals surface area contributed by atoms with Crippen molar-refractivity contribution in [3.05, 3.63) is 34.9 Å². The number of halogens is 1. The molecule has 0 fully saturated rings. The summed E-state index contributed by atoms with van der Waals surface area (Å²) in [4.78, 5) is 5.50. The van der Waals surface area contributed by atoms with Gasteiger partial charge in [-0.2, -0.15) is 5.10 Å². The van der Waals surface area contributed by atoms with Crippen LogP contribution in [0.15, 0.2) is 18.3 Å². The minimum atomic E-state index is -1.67. The molecule has 2 aromatic rings. The minimum absolute atomic E-state index is 0.276. The highest BCUT2D eigenvalue weighted by Crippen LogP contribution is 2.41. The lowest BCUT2D eigenvalue weighted by Crippen LogP contribution is -2.49. The number of aryl methyl sites for hydroxylation is 1. The summed E-state index contributed by atoms with van der Waals surface area (Å²) >= 11 is 6.08. The maximum Gasteiger partial charge on any atom is 0.154 e. The van der Waals surface area contributed by atoms with Gasteiger partial charge in [0.25, 0.3) is 0 Å². The Kier molecular flexibility index (Phi) is 2.24. The van der Waals surface area contributed by atoms with E-state index in [0.717, 1.165) is 11.4 Å². The van der Waals surface area contributed by atoms with Gasteiger partial charge in [-0.1, -0.05) is 11.6 Å². The van der Waals surface area contributed by atoms with Crippen molar-refractivity contribution in [2.24, 2.45) is 0 Å². The molecule has 2 aromatic heterocycles.